The molecule has 0 aromatic carbocycles. The van der Waals surface area contributed by atoms with Gasteiger partial charge in [-0.3, -0.25) is 18.6 Å². The highest BCUT2D eigenvalue weighted by molar-refractivity contribution is 7.47. The van der Waals surface area contributed by atoms with E-state index >= 15 is 0 Å². The summed E-state index contributed by atoms with van der Waals surface area (Å²) in [6.07, 6.45) is 28.4. The Bertz CT molecular complexity index is 1140. The summed E-state index contributed by atoms with van der Waals surface area (Å²) in [5.41, 5.74) is 0. The minimum absolute atomic E-state index is 0.0906. The number of hydrogen-bond donors (Lipinski definition) is 6. The third-order valence-corrected chi connectivity index (χ3v) is 12.8. The summed E-state index contributed by atoms with van der Waals surface area (Å²) in [4.78, 5) is 35.7. The van der Waals surface area contributed by atoms with E-state index in [2.05, 4.69) is 26.0 Å². The van der Waals surface area contributed by atoms with Crippen LogP contribution in [0, 0.1) is 0 Å². The fraction of sp³-hybridized carbons (Fsp3) is 0.917. The summed E-state index contributed by atoms with van der Waals surface area (Å²) in [7, 11) is -5.12. The molecule has 0 spiro atoms. The summed E-state index contributed by atoms with van der Waals surface area (Å²) in [6, 6.07) is 0. The van der Waals surface area contributed by atoms with Crippen LogP contribution in [0.5, 0.6) is 0 Å². The summed E-state index contributed by atoms with van der Waals surface area (Å²) in [5.74, 6) is -1.10. The quantitative estimate of drug-likeness (QED) is 0.0146. The normalized spacial score (nSPS) is 21.9. The van der Waals surface area contributed by atoms with Gasteiger partial charge in [-0.25, -0.2) is 4.57 Å². The Morgan fingerprint density at radius 1 is 0.484 bits per heavy atom. The average molecular weight is 907 g/mol. The highest BCUT2D eigenvalue weighted by Gasteiger charge is 2.51. The van der Waals surface area contributed by atoms with Crippen molar-refractivity contribution in [2.75, 3.05) is 13.2 Å². The van der Waals surface area contributed by atoms with Crippen LogP contribution < -0.4 is 0 Å². The number of unbranched alkanes of at least 4 members (excludes halogenated alkanes) is 28. The zero-order chi connectivity index (χ0) is 45.7. The number of hydrogen-bond acceptors (Lipinski definition) is 12. The van der Waals surface area contributed by atoms with Gasteiger partial charge in [0.2, 0.25) is 0 Å². The van der Waals surface area contributed by atoms with E-state index in [-0.39, 0.29) is 12.8 Å². The second kappa shape index (κ2) is 38.8. The molecule has 1 saturated carbocycles. The number of aliphatic hydroxyl groups excluding tert-OH is 5. The van der Waals surface area contributed by atoms with Crippen LogP contribution in [-0.4, -0.2) is 98.3 Å². The zero-order valence-corrected chi connectivity index (χ0v) is 39.8. The summed E-state index contributed by atoms with van der Waals surface area (Å²) in [6.45, 7) is 3.30. The number of esters is 2. The lowest BCUT2D eigenvalue weighted by Crippen LogP contribution is -2.64. The Kier molecular flexibility index (Phi) is 36.7. The van der Waals surface area contributed by atoms with Crippen molar-refractivity contribution in [3.8, 4) is 0 Å². The van der Waals surface area contributed by atoms with Crippen LogP contribution in [0.1, 0.15) is 226 Å². The highest BCUT2D eigenvalue weighted by Crippen LogP contribution is 2.47. The van der Waals surface area contributed by atoms with Gasteiger partial charge in [-0.2, -0.15) is 0 Å². The van der Waals surface area contributed by atoms with E-state index in [1.54, 1.807) is 0 Å². The van der Waals surface area contributed by atoms with E-state index in [1.165, 1.54) is 128 Å². The molecule has 0 bridgehead atoms. The van der Waals surface area contributed by atoms with Crippen LogP contribution >= 0.6 is 7.82 Å². The van der Waals surface area contributed by atoms with Crippen LogP contribution in [0.15, 0.2) is 12.2 Å². The van der Waals surface area contributed by atoms with Crippen LogP contribution in [0.25, 0.3) is 0 Å². The van der Waals surface area contributed by atoms with Crippen LogP contribution in [0.3, 0.4) is 0 Å². The second-order valence-electron chi connectivity index (χ2n) is 17.7. The molecule has 1 aliphatic rings. The third-order valence-electron chi connectivity index (χ3n) is 11.9. The molecule has 0 saturated heterocycles. The van der Waals surface area contributed by atoms with Crippen molar-refractivity contribution >= 4 is 19.8 Å². The molecule has 366 valence electrons. The summed E-state index contributed by atoms with van der Waals surface area (Å²) < 4.78 is 33.6. The van der Waals surface area contributed by atoms with E-state index in [0.29, 0.717) is 12.8 Å². The van der Waals surface area contributed by atoms with Crippen LogP contribution in [0.4, 0.5) is 0 Å². The minimum atomic E-state index is -5.12. The van der Waals surface area contributed by atoms with Gasteiger partial charge >= 0.3 is 19.8 Å². The molecule has 6 unspecified atom stereocenters. The number of ether oxygens (including phenoxy) is 2. The predicted molar refractivity (Wildman–Crippen MR) is 244 cm³/mol. The molecular weight excluding hydrogens is 815 g/mol. The van der Waals surface area contributed by atoms with Gasteiger partial charge in [0.1, 0.15) is 43.2 Å². The van der Waals surface area contributed by atoms with E-state index in [9.17, 15) is 44.6 Å². The molecule has 62 heavy (non-hydrogen) atoms. The topological polar surface area (TPSA) is 210 Å². The SMILES string of the molecule is CCCCCC/C=C\CCCCCCCC(=O)OC(COC(=O)CCCCCCCCCCCCCCCCCCCCCC)COP(=O)(O)OC1C(O)C(O)C(O)C(O)C1O. The Morgan fingerprint density at radius 3 is 1.24 bits per heavy atom. The fourth-order valence-corrected chi connectivity index (χ4v) is 8.79. The molecule has 0 aliphatic heterocycles. The minimum Gasteiger partial charge on any atom is -0.462 e. The van der Waals surface area contributed by atoms with Gasteiger partial charge in [-0.1, -0.05) is 187 Å². The first-order valence-corrected chi connectivity index (χ1v) is 26.5. The van der Waals surface area contributed by atoms with E-state index in [4.69, 9.17) is 18.5 Å². The molecule has 0 radical (unpaired) electrons. The first kappa shape index (κ1) is 58.6. The molecule has 0 amide bonds. The lowest BCUT2D eigenvalue weighted by molar-refractivity contribution is -0.220. The Morgan fingerprint density at radius 2 is 0.823 bits per heavy atom. The summed E-state index contributed by atoms with van der Waals surface area (Å²) in [5, 5.41) is 50.2. The Balaban J connectivity index is 2.38. The largest absolute Gasteiger partial charge is 0.472 e. The average Bonchev–Trinajstić information content (AvgIpc) is 3.25. The lowest BCUT2D eigenvalue weighted by Gasteiger charge is -2.41. The maximum Gasteiger partial charge on any atom is 0.472 e. The molecule has 0 heterocycles. The first-order valence-electron chi connectivity index (χ1n) is 25.0. The van der Waals surface area contributed by atoms with E-state index in [0.717, 1.165) is 57.8 Å². The lowest BCUT2D eigenvalue weighted by atomic mass is 9.85. The monoisotopic (exact) mass is 907 g/mol. The van der Waals surface area contributed by atoms with Crippen LogP contribution in [-0.2, 0) is 32.7 Å². The molecule has 0 aromatic rings. The maximum atomic E-state index is 12.8. The molecule has 1 aliphatic carbocycles. The zero-order valence-electron chi connectivity index (χ0n) is 38.9. The van der Waals surface area contributed by atoms with Gasteiger partial charge < -0.3 is 39.9 Å². The van der Waals surface area contributed by atoms with Crippen molar-refractivity contribution in [3.63, 3.8) is 0 Å². The molecule has 14 heteroatoms. The van der Waals surface area contributed by atoms with Gasteiger partial charge in [0.15, 0.2) is 6.10 Å². The van der Waals surface area contributed by atoms with Gasteiger partial charge in [0.25, 0.3) is 0 Å². The van der Waals surface area contributed by atoms with Gasteiger partial charge in [0.05, 0.1) is 6.61 Å². The second-order valence-corrected chi connectivity index (χ2v) is 19.1. The Hall–Kier alpha value is -1.41. The maximum absolute atomic E-state index is 12.8. The number of carbonyl (C=O) groups excluding carboxylic acids is 2. The standard InChI is InChI=1S/C48H91O13P/c1-3-5-7-9-11-13-15-17-18-19-20-21-22-23-25-26-28-30-32-34-36-41(49)58-38-40(39-59-62(56,57)61-48-46(54)44(52)43(51)45(53)47(48)55)60-42(50)37-35-33-31-29-27-24-16-14-12-10-8-6-4-2/h14,16,40,43-48,51-55H,3-13,15,17-39H2,1-2H3,(H,56,57)/b16-14-. The summed E-state index contributed by atoms with van der Waals surface area (Å²) >= 11 is 0. The first-order chi connectivity index (χ1) is 29.9. The molecule has 6 atom stereocenters. The molecule has 1 rings (SSSR count). The van der Waals surface area contributed by atoms with E-state index in [1.807, 2.05) is 0 Å². The van der Waals surface area contributed by atoms with Crippen molar-refractivity contribution in [2.24, 2.45) is 0 Å². The molecule has 0 aromatic heterocycles. The van der Waals surface area contributed by atoms with Crippen molar-refractivity contribution in [1.82, 2.24) is 0 Å². The number of rotatable bonds is 42. The molecule has 1 fully saturated rings. The number of phosphoric ester groups is 1. The van der Waals surface area contributed by atoms with Crippen molar-refractivity contribution in [2.45, 2.75) is 268 Å². The van der Waals surface area contributed by atoms with Crippen molar-refractivity contribution in [1.29, 1.82) is 0 Å². The predicted octanol–water partition coefficient (Wildman–Crippen LogP) is 10.2. The Labute approximate surface area is 375 Å². The van der Waals surface area contributed by atoms with Crippen molar-refractivity contribution in [3.05, 3.63) is 12.2 Å². The third kappa shape index (κ3) is 30.7. The molecule has 6 N–H and O–H groups in total. The number of phosphoric acid groups is 1. The number of allylic oxidation sites excluding steroid dienone is 2. The highest BCUT2D eigenvalue weighted by atomic mass is 31.2. The van der Waals surface area contributed by atoms with Crippen molar-refractivity contribution < 1.29 is 63.1 Å². The smallest absolute Gasteiger partial charge is 0.462 e. The molecule has 13 nitrogen and oxygen atoms in total. The van der Waals surface area contributed by atoms with Gasteiger partial charge in [-0.05, 0) is 38.5 Å². The van der Waals surface area contributed by atoms with Gasteiger partial charge in [-0.15, -0.1) is 0 Å². The van der Waals surface area contributed by atoms with Gasteiger partial charge in [0, 0.05) is 12.8 Å². The number of carbonyl (C=O) groups is 2. The fourth-order valence-electron chi connectivity index (χ4n) is 7.81. The molecular formula is C48H91O13P. The van der Waals surface area contributed by atoms with E-state index < -0.39 is 75.7 Å². The van der Waals surface area contributed by atoms with Crippen LogP contribution in [0.2, 0.25) is 0 Å². The number of aliphatic hydroxyl groups is 5.